The molecule has 0 aliphatic heterocycles. The van der Waals surface area contributed by atoms with Gasteiger partial charge in [-0.3, -0.25) is 23.4 Å². The van der Waals surface area contributed by atoms with E-state index in [-0.39, 0.29) is 38.2 Å². The topological polar surface area (TPSA) is 215 Å². The average Bonchev–Trinajstić information content (AvgIpc) is 3.23. The number of phosphoric acid groups is 2. The van der Waals surface area contributed by atoms with Crippen molar-refractivity contribution in [3.05, 3.63) is 23.8 Å². The van der Waals surface area contributed by atoms with Crippen LogP contribution < -0.4 is 5.32 Å². The molecule has 0 spiro atoms. The molecule has 10 atom stereocenters. The maximum Gasteiger partial charge on any atom is 0.484 e. The number of carbonyl (C=O) groups is 3. The number of alkyl halides is 1. The van der Waals surface area contributed by atoms with Gasteiger partial charge in [-0.15, -0.1) is 5.92 Å². The highest BCUT2D eigenvalue weighted by atomic mass is 31.3. The third-order valence-corrected chi connectivity index (χ3v) is 14.4. The van der Waals surface area contributed by atoms with Gasteiger partial charge in [0.05, 0.1) is 12.7 Å². The van der Waals surface area contributed by atoms with Crippen LogP contribution >= 0.6 is 15.6 Å². The van der Waals surface area contributed by atoms with Gasteiger partial charge in [0.25, 0.3) is 0 Å². The molecule has 14 nitrogen and oxygen atoms in total. The van der Waals surface area contributed by atoms with E-state index in [1.165, 1.54) is 18.2 Å². The van der Waals surface area contributed by atoms with E-state index in [1.54, 1.807) is 20.8 Å². The zero-order chi connectivity index (χ0) is 37.5. The lowest BCUT2D eigenvalue weighted by molar-refractivity contribution is -0.219. The molecule has 17 heteroatoms. The van der Waals surface area contributed by atoms with Gasteiger partial charge in [-0.05, 0) is 75.9 Å². The van der Waals surface area contributed by atoms with Crippen LogP contribution in [0.4, 0.5) is 4.39 Å². The molecule has 51 heavy (non-hydrogen) atoms. The highest BCUT2D eigenvalue weighted by Gasteiger charge is 2.75. The van der Waals surface area contributed by atoms with Crippen molar-refractivity contribution in [2.75, 3.05) is 26.4 Å². The smallest absolute Gasteiger partial charge is 0.390 e. The minimum Gasteiger partial charge on any atom is -0.390 e. The molecule has 0 aromatic rings. The number of fused-ring (bicyclic) bond motifs is 5. The number of hydrogen-bond acceptors (Lipinski definition) is 11. The van der Waals surface area contributed by atoms with E-state index >= 15 is 4.39 Å². The second-order valence-electron chi connectivity index (χ2n) is 14.8. The first-order valence-corrected chi connectivity index (χ1v) is 20.4. The predicted octanol–water partition coefficient (Wildman–Crippen LogP) is 3.62. The zero-order valence-electron chi connectivity index (χ0n) is 29.0. The van der Waals surface area contributed by atoms with E-state index in [4.69, 9.17) is 13.8 Å². The Bertz CT molecular complexity index is 1620. The van der Waals surface area contributed by atoms with Gasteiger partial charge >= 0.3 is 15.6 Å². The SMILES string of the molecule is CC1C[C@H]2[C@@H]3CCC4=CC(=O)C=C[C@]4(C)[C@@]3(F)[C@@H](O)C[C@]2(C)[C@@]1(O)C(=O)COP(=O)(OCCNC(=O)COC1C#CCCCCC1)OP(=O)(O)O. The quantitative estimate of drug-likeness (QED) is 0.103. The van der Waals surface area contributed by atoms with Crippen LogP contribution in [0, 0.1) is 40.4 Å². The summed E-state index contributed by atoms with van der Waals surface area (Å²) in [5, 5.41) is 26.1. The molecule has 0 radical (unpaired) electrons. The van der Waals surface area contributed by atoms with E-state index in [2.05, 4.69) is 21.5 Å². The van der Waals surface area contributed by atoms with Gasteiger partial charge < -0.3 is 30.1 Å². The Kier molecular flexibility index (Phi) is 11.8. The Morgan fingerprint density at radius 1 is 1.10 bits per heavy atom. The molecule has 5 aliphatic rings. The Hall–Kier alpha value is -2.08. The van der Waals surface area contributed by atoms with Crippen LogP contribution in [0.2, 0.25) is 0 Å². The van der Waals surface area contributed by atoms with E-state index in [0.29, 0.717) is 18.4 Å². The number of hydrogen-bond donors (Lipinski definition) is 5. The van der Waals surface area contributed by atoms with Crippen LogP contribution in [0.1, 0.15) is 78.6 Å². The van der Waals surface area contributed by atoms with Gasteiger partial charge in [0.2, 0.25) is 5.91 Å². The van der Waals surface area contributed by atoms with Gasteiger partial charge in [-0.2, -0.15) is 4.31 Å². The van der Waals surface area contributed by atoms with Crippen molar-refractivity contribution < 1.29 is 66.0 Å². The Labute approximate surface area is 296 Å². The molecule has 0 bridgehead atoms. The third kappa shape index (κ3) is 7.65. The number of carbonyl (C=O) groups excluding carboxylic acids is 3. The molecule has 0 saturated heterocycles. The number of aliphatic hydroxyl groups excluding tert-OH is 1. The molecular weight excluding hydrogens is 711 g/mol. The zero-order valence-corrected chi connectivity index (χ0v) is 30.8. The highest BCUT2D eigenvalue weighted by molar-refractivity contribution is 7.61. The van der Waals surface area contributed by atoms with Gasteiger partial charge in [-0.1, -0.05) is 37.8 Å². The molecule has 0 aromatic heterocycles. The number of ketones is 2. The van der Waals surface area contributed by atoms with Crippen molar-refractivity contribution in [1.29, 1.82) is 0 Å². The molecule has 5 aliphatic carbocycles. The lowest BCUT2D eigenvalue weighted by Crippen LogP contribution is -2.69. The standard InChI is InChI=1S/C34H48FNO13P2/c1-22-17-27-26-12-11-23-18-24(37)13-14-31(23,2)33(26,35)28(38)19-32(27,3)34(22,41)29(39)20-48-51(45,49-50(42,43)44)47-16-15-36-30(40)21-46-25-9-7-5-4-6-8-10-25/h13-14,18,22,25-28,38,41H,4-7,9,11-12,15-17,19-21H2,1-3H3,(H,36,40)(H2,42,43,44)/t22?,25?,26-,27-,28-,31-,32-,33-,34-,51?/m0/s1. The lowest BCUT2D eigenvalue weighted by atomic mass is 9.44. The van der Waals surface area contributed by atoms with Gasteiger partial charge in [0.15, 0.2) is 17.2 Å². The first kappa shape index (κ1) is 40.1. The molecule has 0 heterocycles. The summed E-state index contributed by atoms with van der Waals surface area (Å²) >= 11 is 0. The lowest BCUT2D eigenvalue weighted by Gasteiger charge is -2.62. The van der Waals surface area contributed by atoms with Gasteiger partial charge in [0.1, 0.15) is 24.9 Å². The maximum absolute atomic E-state index is 17.4. The van der Waals surface area contributed by atoms with Gasteiger partial charge in [-0.25, -0.2) is 13.5 Å². The normalized spacial score (nSPS) is 38.8. The van der Waals surface area contributed by atoms with Crippen molar-refractivity contribution in [1.82, 2.24) is 5.32 Å². The molecule has 284 valence electrons. The Morgan fingerprint density at radius 2 is 1.84 bits per heavy atom. The minimum absolute atomic E-state index is 0.198. The number of rotatable bonds is 13. The molecule has 3 saturated carbocycles. The summed E-state index contributed by atoms with van der Waals surface area (Å²) in [6.45, 7) is 2.45. The Balaban J connectivity index is 1.23. The fraction of sp³-hybridized carbons (Fsp3) is 0.735. The van der Waals surface area contributed by atoms with Crippen LogP contribution in [-0.2, 0) is 41.6 Å². The first-order valence-electron chi connectivity index (χ1n) is 17.4. The predicted molar refractivity (Wildman–Crippen MR) is 179 cm³/mol. The van der Waals surface area contributed by atoms with Crippen molar-refractivity contribution in [2.24, 2.45) is 28.6 Å². The second-order valence-corrected chi connectivity index (χ2v) is 17.8. The molecule has 5 N–H and O–H groups in total. The summed E-state index contributed by atoms with van der Waals surface area (Å²) in [4.78, 5) is 57.1. The summed E-state index contributed by atoms with van der Waals surface area (Å²) in [7, 11) is -10.7. The first-order chi connectivity index (χ1) is 23.8. The molecule has 0 aromatic carbocycles. The van der Waals surface area contributed by atoms with Crippen LogP contribution in [0.15, 0.2) is 23.8 Å². The summed E-state index contributed by atoms with van der Waals surface area (Å²) in [6.07, 6.45) is 7.09. The molecule has 1 amide bonds. The van der Waals surface area contributed by atoms with Crippen LogP contribution in [0.25, 0.3) is 0 Å². The van der Waals surface area contributed by atoms with Crippen molar-refractivity contribution in [2.45, 2.75) is 102 Å². The number of phosphoric ester groups is 1. The second kappa shape index (κ2) is 15.0. The van der Waals surface area contributed by atoms with E-state index in [9.17, 15) is 43.5 Å². The summed E-state index contributed by atoms with van der Waals surface area (Å²) < 4.78 is 62.5. The summed E-state index contributed by atoms with van der Waals surface area (Å²) in [5.74, 6) is 1.95. The largest absolute Gasteiger partial charge is 0.484 e. The summed E-state index contributed by atoms with van der Waals surface area (Å²) in [6, 6.07) is 0. The molecule has 3 fully saturated rings. The number of allylic oxidation sites excluding steroid dienone is 4. The van der Waals surface area contributed by atoms with Crippen LogP contribution in [-0.4, -0.2) is 87.3 Å². The number of halogens is 1. The molecule has 3 unspecified atom stereocenters. The molecule has 5 rings (SSSR count). The summed E-state index contributed by atoms with van der Waals surface area (Å²) in [5.41, 5.74) is -6.52. The number of ether oxygens (including phenoxy) is 1. The Morgan fingerprint density at radius 3 is 2.57 bits per heavy atom. The fourth-order valence-corrected chi connectivity index (χ4v) is 11.4. The van der Waals surface area contributed by atoms with Crippen molar-refractivity contribution >= 4 is 33.1 Å². The van der Waals surface area contributed by atoms with Crippen molar-refractivity contribution in [3.8, 4) is 11.8 Å². The number of nitrogens with one attached hydrogen (secondary N) is 1. The number of aliphatic hydroxyl groups is 2. The fourth-order valence-electron chi connectivity index (χ4n) is 9.28. The highest BCUT2D eigenvalue weighted by Crippen LogP contribution is 2.71. The average molecular weight is 760 g/mol. The third-order valence-electron chi connectivity index (χ3n) is 11.8. The molecular formula is C34H48FNO13P2. The van der Waals surface area contributed by atoms with Crippen molar-refractivity contribution in [3.63, 3.8) is 0 Å². The minimum atomic E-state index is -5.51. The van der Waals surface area contributed by atoms with E-state index < -0.39 is 92.6 Å². The number of Topliss-reactive ketones (excluding diaryl/α,β-unsaturated/α-hetero) is 1. The number of amides is 1. The maximum atomic E-state index is 17.4. The van der Waals surface area contributed by atoms with E-state index in [1.807, 2.05) is 0 Å². The van der Waals surface area contributed by atoms with Gasteiger partial charge in [0, 0.05) is 29.7 Å². The van der Waals surface area contributed by atoms with E-state index in [0.717, 1.165) is 25.7 Å². The monoisotopic (exact) mass is 759 g/mol. The van der Waals surface area contributed by atoms with Crippen LogP contribution in [0.5, 0.6) is 0 Å². The van der Waals surface area contributed by atoms with Crippen LogP contribution in [0.3, 0.4) is 0 Å².